The highest BCUT2D eigenvalue weighted by molar-refractivity contribution is 6.33. The number of hydrogen-bond donors (Lipinski definition) is 2. The van der Waals surface area contributed by atoms with Crippen LogP contribution in [-0.4, -0.2) is 35.6 Å². The Morgan fingerprint density at radius 1 is 1.17 bits per heavy atom. The summed E-state index contributed by atoms with van der Waals surface area (Å²) in [4.78, 5) is 28.9. The predicted octanol–water partition coefficient (Wildman–Crippen LogP) is 3.75. The fourth-order valence-electron chi connectivity index (χ4n) is 2.53. The number of hydrogen-bond acceptors (Lipinski definition) is 4. The van der Waals surface area contributed by atoms with Crippen molar-refractivity contribution < 1.29 is 27.5 Å². The molecule has 0 radical (unpaired) electrons. The summed E-state index contributed by atoms with van der Waals surface area (Å²) in [5.41, 5.74) is 0.503. The number of halogens is 4. The first kappa shape index (κ1) is 23.5. The van der Waals surface area contributed by atoms with Crippen molar-refractivity contribution in [1.82, 2.24) is 15.6 Å². The Morgan fingerprint density at radius 2 is 1.87 bits per heavy atom. The summed E-state index contributed by atoms with van der Waals surface area (Å²) in [6, 6.07) is 8.55. The number of alkyl halides is 3. The fourth-order valence-corrected chi connectivity index (χ4v) is 2.75. The van der Waals surface area contributed by atoms with Crippen LogP contribution in [0, 0.1) is 5.92 Å². The molecule has 1 heterocycles. The van der Waals surface area contributed by atoms with Gasteiger partial charge in [0.15, 0.2) is 6.61 Å². The molecule has 1 aromatic carbocycles. The monoisotopic (exact) mass is 443 g/mol. The van der Waals surface area contributed by atoms with Crippen LogP contribution in [0.2, 0.25) is 5.02 Å². The van der Waals surface area contributed by atoms with Crippen molar-refractivity contribution in [2.45, 2.75) is 32.6 Å². The van der Waals surface area contributed by atoms with Crippen LogP contribution < -0.4 is 15.4 Å². The summed E-state index contributed by atoms with van der Waals surface area (Å²) in [7, 11) is 0. The molecule has 0 saturated carbocycles. The molecule has 1 unspecified atom stereocenters. The minimum absolute atomic E-state index is 0.120. The van der Waals surface area contributed by atoms with Crippen LogP contribution >= 0.6 is 11.6 Å². The van der Waals surface area contributed by atoms with Gasteiger partial charge in [-0.1, -0.05) is 43.6 Å². The molecule has 0 saturated heterocycles. The second-order valence-corrected chi connectivity index (χ2v) is 7.17. The first-order chi connectivity index (χ1) is 14.1. The predicted molar refractivity (Wildman–Crippen MR) is 105 cm³/mol. The molecular weight excluding hydrogens is 423 g/mol. The van der Waals surface area contributed by atoms with Gasteiger partial charge >= 0.3 is 6.18 Å². The number of rotatable bonds is 8. The largest absolute Gasteiger partial charge is 0.468 e. The van der Waals surface area contributed by atoms with Crippen LogP contribution in [0.5, 0.6) is 5.88 Å². The fraction of sp³-hybridized carbons (Fsp3) is 0.350. The van der Waals surface area contributed by atoms with E-state index in [1.807, 2.05) is 0 Å². The number of pyridine rings is 1. The Kier molecular flexibility index (Phi) is 8.05. The van der Waals surface area contributed by atoms with E-state index in [1.54, 1.807) is 32.0 Å². The topological polar surface area (TPSA) is 80.3 Å². The van der Waals surface area contributed by atoms with Crippen LogP contribution in [0.15, 0.2) is 42.6 Å². The highest BCUT2D eigenvalue weighted by atomic mass is 35.5. The zero-order valence-electron chi connectivity index (χ0n) is 16.3. The van der Waals surface area contributed by atoms with E-state index < -0.39 is 30.6 Å². The first-order valence-electron chi connectivity index (χ1n) is 9.05. The number of amides is 2. The van der Waals surface area contributed by atoms with E-state index in [9.17, 15) is 22.8 Å². The Balaban J connectivity index is 2.04. The van der Waals surface area contributed by atoms with Crippen molar-refractivity contribution >= 4 is 23.4 Å². The van der Waals surface area contributed by atoms with Gasteiger partial charge in [-0.15, -0.1) is 0 Å². The number of ether oxygens (including phenoxy) is 1. The first-order valence-corrected chi connectivity index (χ1v) is 9.43. The molecule has 2 rings (SSSR count). The van der Waals surface area contributed by atoms with Gasteiger partial charge in [-0.05, 0) is 24.1 Å². The third kappa shape index (κ3) is 6.91. The Morgan fingerprint density at radius 3 is 2.50 bits per heavy atom. The number of nitrogens with zero attached hydrogens (tertiary/aromatic N) is 1. The lowest BCUT2D eigenvalue weighted by Crippen LogP contribution is -2.49. The van der Waals surface area contributed by atoms with E-state index >= 15 is 0 Å². The average molecular weight is 444 g/mol. The maximum Gasteiger partial charge on any atom is 0.422 e. The van der Waals surface area contributed by atoms with Gasteiger partial charge in [0.25, 0.3) is 5.91 Å². The lowest BCUT2D eigenvalue weighted by molar-refractivity contribution is -0.154. The molecule has 6 nitrogen and oxygen atoms in total. The van der Waals surface area contributed by atoms with Crippen molar-refractivity contribution in [2.75, 3.05) is 6.61 Å². The molecular formula is C20H21ClF3N3O3. The molecule has 1 aromatic heterocycles. The van der Waals surface area contributed by atoms with Crippen molar-refractivity contribution in [3.8, 4) is 5.88 Å². The zero-order valence-corrected chi connectivity index (χ0v) is 17.1. The smallest absolute Gasteiger partial charge is 0.422 e. The SMILES string of the molecule is CC(C)C(NC(=O)c1ccccc1Cl)C(=O)NCc1cccnc1OCC(F)(F)F. The molecule has 0 bridgehead atoms. The third-order valence-electron chi connectivity index (χ3n) is 4.03. The van der Waals surface area contributed by atoms with Crippen LogP contribution in [0.4, 0.5) is 13.2 Å². The van der Waals surface area contributed by atoms with Crippen molar-refractivity contribution in [3.05, 3.63) is 58.7 Å². The van der Waals surface area contributed by atoms with E-state index in [2.05, 4.69) is 15.6 Å². The van der Waals surface area contributed by atoms with Crippen LogP contribution in [0.3, 0.4) is 0 Å². The number of aromatic nitrogens is 1. The summed E-state index contributed by atoms with van der Waals surface area (Å²) >= 11 is 6.02. The molecule has 162 valence electrons. The average Bonchev–Trinajstić information content (AvgIpc) is 2.68. The van der Waals surface area contributed by atoms with Gasteiger partial charge in [0, 0.05) is 18.3 Å². The molecule has 30 heavy (non-hydrogen) atoms. The van der Waals surface area contributed by atoms with Crippen molar-refractivity contribution in [3.63, 3.8) is 0 Å². The summed E-state index contributed by atoms with van der Waals surface area (Å²) in [5, 5.41) is 5.49. The van der Waals surface area contributed by atoms with E-state index in [0.29, 0.717) is 0 Å². The lowest BCUT2D eigenvalue weighted by atomic mass is 10.0. The van der Waals surface area contributed by atoms with E-state index in [1.165, 1.54) is 24.4 Å². The molecule has 10 heteroatoms. The quantitative estimate of drug-likeness (QED) is 0.651. The minimum atomic E-state index is -4.51. The Bertz CT molecular complexity index is 891. The molecule has 1 atom stereocenters. The van der Waals surface area contributed by atoms with E-state index in [4.69, 9.17) is 16.3 Å². The minimum Gasteiger partial charge on any atom is -0.468 e. The highest BCUT2D eigenvalue weighted by Gasteiger charge is 2.29. The molecule has 0 fully saturated rings. The van der Waals surface area contributed by atoms with Crippen molar-refractivity contribution in [1.29, 1.82) is 0 Å². The molecule has 2 aromatic rings. The lowest BCUT2D eigenvalue weighted by Gasteiger charge is -2.22. The third-order valence-corrected chi connectivity index (χ3v) is 4.36. The summed E-state index contributed by atoms with van der Waals surface area (Å²) < 4.78 is 41.9. The zero-order chi connectivity index (χ0) is 22.3. The highest BCUT2D eigenvalue weighted by Crippen LogP contribution is 2.20. The standard InChI is InChI=1S/C20H21ClF3N3O3/c1-12(2)16(27-17(28)14-7-3-4-8-15(14)21)18(29)26-10-13-6-5-9-25-19(13)30-11-20(22,23)24/h3-9,12,16H,10-11H2,1-2H3,(H,26,29)(H,27,28). The molecule has 2 N–H and O–H groups in total. The molecule has 0 aliphatic heterocycles. The molecule has 2 amide bonds. The van der Waals surface area contributed by atoms with E-state index in [-0.39, 0.29) is 34.5 Å². The Hall–Kier alpha value is -2.81. The van der Waals surface area contributed by atoms with Crippen LogP contribution in [-0.2, 0) is 11.3 Å². The summed E-state index contributed by atoms with van der Waals surface area (Å²) in [6.07, 6.45) is -3.22. The number of nitrogens with one attached hydrogen (secondary N) is 2. The number of benzene rings is 1. The second kappa shape index (κ2) is 10.3. The maximum absolute atomic E-state index is 12.6. The van der Waals surface area contributed by atoms with E-state index in [0.717, 1.165) is 0 Å². The van der Waals surface area contributed by atoms with Gasteiger partial charge in [0.05, 0.1) is 10.6 Å². The number of carbonyl (C=O) groups excluding carboxylic acids is 2. The number of carbonyl (C=O) groups is 2. The summed E-state index contributed by atoms with van der Waals surface area (Å²) in [5.74, 6) is -1.50. The molecule has 0 aliphatic carbocycles. The van der Waals surface area contributed by atoms with Gasteiger partial charge in [0.2, 0.25) is 11.8 Å². The Labute approximate surface area is 176 Å². The van der Waals surface area contributed by atoms with Crippen molar-refractivity contribution in [2.24, 2.45) is 5.92 Å². The maximum atomic E-state index is 12.6. The second-order valence-electron chi connectivity index (χ2n) is 6.76. The normalized spacial score (nSPS) is 12.4. The van der Waals surface area contributed by atoms with Crippen LogP contribution in [0.25, 0.3) is 0 Å². The molecule has 0 spiro atoms. The molecule has 0 aliphatic rings. The van der Waals surface area contributed by atoms with Gasteiger partial charge < -0.3 is 15.4 Å². The van der Waals surface area contributed by atoms with Gasteiger partial charge in [-0.25, -0.2) is 4.98 Å². The summed E-state index contributed by atoms with van der Waals surface area (Å²) in [6.45, 7) is 1.89. The van der Waals surface area contributed by atoms with Crippen LogP contribution in [0.1, 0.15) is 29.8 Å². The van der Waals surface area contributed by atoms with Gasteiger partial charge in [-0.3, -0.25) is 9.59 Å². The van der Waals surface area contributed by atoms with Gasteiger partial charge in [0.1, 0.15) is 6.04 Å². The van der Waals surface area contributed by atoms with Gasteiger partial charge in [-0.2, -0.15) is 13.2 Å².